The molecule has 0 bridgehead atoms. The van der Waals surface area contributed by atoms with E-state index in [2.05, 4.69) is 10.4 Å². The van der Waals surface area contributed by atoms with E-state index < -0.39 is 5.76 Å². The molecule has 1 aromatic heterocycles. The molecule has 7 nitrogen and oxygen atoms in total. The highest BCUT2D eigenvalue weighted by atomic mass is 16.5. The van der Waals surface area contributed by atoms with Crippen LogP contribution in [0.5, 0.6) is 5.75 Å². The number of hydrogen-bond acceptors (Lipinski definition) is 5. The number of fused-ring (bicyclic) bond motifs is 1. The first-order valence-electron chi connectivity index (χ1n) is 8.80. The van der Waals surface area contributed by atoms with Crippen molar-refractivity contribution in [3.63, 3.8) is 0 Å². The van der Waals surface area contributed by atoms with E-state index in [1.807, 2.05) is 42.5 Å². The topological polar surface area (TPSA) is 86.4 Å². The largest absolute Gasteiger partial charge is 0.493 e. The summed E-state index contributed by atoms with van der Waals surface area (Å²) in [5.41, 5.74) is 1.83. The third-order valence-corrected chi connectivity index (χ3v) is 4.46. The fourth-order valence-corrected chi connectivity index (χ4v) is 3.08. The van der Waals surface area contributed by atoms with Gasteiger partial charge in [-0.15, -0.1) is 5.10 Å². The molecular weight excluding hydrogens is 346 g/mol. The van der Waals surface area contributed by atoms with Gasteiger partial charge in [0.2, 0.25) is 11.8 Å². The maximum absolute atomic E-state index is 12.2. The number of carbonyl (C=O) groups excluding carboxylic acids is 1. The van der Waals surface area contributed by atoms with E-state index in [9.17, 15) is 9.59 Å². The Balaban J connectivity index is 1.34. The number of ether oxygens (including phenoxy) is 1. The van der Waals surface area contributed by atoms with Gasteiger partial charge in [-0.2, -0.15) is 4.68 Å². The minimum Gasteiger partial charge on any atom is -0.493 e. The first-order chi connectivity index (χ1) is 13.2. The Kier molecular flexibility index (Phi) is 4.74. The predicted octanol–water partition coefficient (Wildman–Crippen LogP) is 1.87. The summed E-state index contributed by atoms with van der Waals surface area (Å²) in [5.74, 6) is 0.355. The molecule has 1 aliphatic heterocycles. The van der Waals surface area contributed by atoms with Gasteiger partial charge < -0.3 is 14.5 Å². The minimum atomic E-state index is -0.654. The number of carbonyl (C=O) groups is 1. The zero-order chi connectivity index (χ0) is 18.6. The van der Waals surface area contributed by atoms with Crippen molar-refractivity contribution in [2.45, 2.75) is 13.0 Å². The molecule has 0 aliphatic carbocycles. The van der Waals surface area contributed by atoms with Gasteiger partial charge in [-0.1, -0.05) is 36.4 Å². The molecular formula is C20H19N3O4. The van der Waals surface area contributed by atoms with Crippen molar-refractivity contribution in [2.75, 3.05) is 13.2 Å². The van der Waals surface area contributed by atoms with E-state index in [0.29, 0.717) is 18.7 Å². The van der Waals surface area contributed by atoms with Crippen molar-refractivity contribution in [1.82, 2.24) is 15.1 Å². The summed E-state index contributed by atoms with van der Waals surface area (Å²) in [6.45, 7) is 0.851. The Bertz CT molecular complexity index is 994. The normalized spacial score (nSPS) is 15.6. The van der Waals surface area contributed by atoms with Crippen LogP contribution in [0.4, 0.5) is 0 Å². The highest BCUT2D eigenvalue weighted by molar-refractivity contribution is 5.75. The van der Waals surface area contributed by atoms with Gasteiger partial charge in [0.25, 0.3) is 0 Å². The van der Waals surface area contributed by atoms with Crippen molar-refractivity contribution in [3.8, 4) is 17.2 Å². The van der Waals surface area contributed by atoms with E-state index in [1.54, 1.807) is 12.1 Å². The van der Waals surface area contributed by atoms with Gasteiger partial charge in [0.05, 0.1) is 6.61 Å². The number of amides is 1. The Hall–Kier alpha value is -3.35. The van der Waals surface area contributed by atoms with Crippen LogP contribution >= 0.6 is 0 Å². The quantitative estimate of drug-likeness (QED) is 0.746. The van der Waals surface area contributed by atoms with Gasteiger partial charge in [-0.05, 0) is 30.2 Å². The van der Waals surface area contributed by atoms with Crippen LogP contribution in [0.2, 0.25) is 0 Å². The van der Waals surface area contributed by atoms with E-state index >= 15 is 0 Å². The van der Waals surface area contributed by atoms with Crippen molar-refractivity contribution in [2.24, 2.45) is 5.92 Å². The molecule has 2 heterocycles. The summed E-state index contributed by atoms with van der Waals surface area (Å²) in [6.07, 6.45) is 0.846. The van der Waals surface area contributed by atoms with Crippen LogP contribution in [0.3, 0.4) is 0 Å². The number of aromatic nitrogens is 2. The maximum atomic E-state index is 12.2. The molecule has 138 valence electrons. The molecule has 0 spiro atoms. The summed E-state index contributed by atoms with van der Waals surface area (Å²) in [4.78, 5) is 24.1. The average Bonchev–Trinajstić information content (AvgIpc) is 3.07. The molecule has 1 aliphatic rings. The Labute approximate surface area is 155 Å². The fourth-order valence-electron chi connectivity index (χ4n) is 3.08. The van der Waals surface area contributed by atoms with Crippen LogP contribution in [0, 0.1) is 5.92 Å². The third kappa shape index (κ3) is 3.92. The van der Waals surface area contributed by atoms with Crippen LogP contribution < -0.4 is 15.8 Å². The smallest absolute Gasteiger partial charge is 0.437 e. The Morgan fingerprint density at radius 1 is 1.15 bits per heavy atom. The van der Waals surface area contributed by atoms with Crippen LogP contribution in [0.25, 0.3) is 11.5 Å². The van der Waals surface area contributed by atoms with Crippen LogP contribution in [-0.4, -0.2) is 28.8 Å². The second-order valence-corrected chi connectivity index (χ2v) is 6.49. The lowest BCUT2D eigenvalue weighted by Crippen LogP contribution is -2.37. The fraction of sp³-hybridized carbons (Fsp3) is 0.250. The predicted molar refractivity (Wildman–Crippen MR) is 98.3 cm³/mol. The van der Waals surface area contributed by atoms with Crippen molar-refractivity contribution < 1.29 is 13.9 Å². The lowest BCUT2D eigenvalue weighted by atomic mass is 9.97. The monoisotopic (exact) mass is 365 g/mol. The summed E-state index contributed by atoms with van der Waals surface area (Å²) >= 11 is 0. The van der Waals surface area contributed by atoms with E-state index in [4.69, 9.17) is 9.15 Å². The Morgan fingerprint density at radius 3 is 2.78 bits per heavy atom. The first kappa shape index (κ1) is 17.1. The highest BCUT2D eigenvalue weighted by Crippen LogP contribution is 2.26. The van der Waals surface area contributed by atoms with E-state index in [-0.39, 0.29) is 24.3 Å². The number of nitrogens with one attached hydrogen (secondary N) is 1. The molecule has 0 saturated heterocycles. The molecule has 3 aromatic rings. The minimum absolute atomic E-state index is 0.181. The van der Waals surface area contributed by atoms with Gasteiger partial charge >= 0.3 is 5.76 Å². The van der Waals surface area contributed by atoms with Gasteiger partial charge in [0, 0.05) is 18.0 Å². The molecule has 0 radical (unpaired) electrons. The Morgan fingerprint density at radius 2 is 1.93 bits per heavy atom. The van der Waals surface area contributed by atoms with Crippen molar-refractivity contribution in [1.29, 1.82) is 0 Å². The van der Waals surface area contributed by atoms with Crippen LogP contribution in [0.15, 0.2) is 63.8 Å². The third-order valence-electron chi connectivity index (χ3n) is 4.46. The first-order valence-corrected chi connectivity index (χ1v) is 8.80. The van der Waals surface area contributed by atoms with Gasteiger partial charge in [-0.3, -0.25) is 4.79 Å². The SMILES string of the molecule is O=C(Cn1nc(-c2ccccc2)oc1=O)NCC1COc2ccccc2C1. The number of nitrogens with zero attached hydrogens (tertiary/aromatic N) is 2. The summed E-state index contributed by atoms with van der Waals surface area (Å²) < 4.78 is 11.9. The van der Waals surface area contributed by atoms with Gasteiger partial charge in [0.15, 0.2) is 0 Å². The average molecular weight is 365 g/mol. The van der Waals surface area contributed by atoms with Crippen molar-refractivity contribution in [3.05, 3.63) is 70.7 Å². The number of rotatable bonds is 5. The molecule has 1 N–H and O–H groups in total. The highest BCUT2D eigenvalue weighted by Gasteiger charge is 2.20. The lowest BCUT2D eigenvalue weighted by Gasteiger charge is -2.25. The van der Waals surface area contributed by atoms with E-state index in [0.717, 1.165) is 22.4 Å². The number of hydrogen-bond donors (Lipinski definition) is 1. The lowest BCUT2D eigenvalue weighted by molar-refractivity contribution is -0.122. The molecule has 1 unspecified atom stereocenters. The second kappa shape index (κ2) is 7.49. The zero-order valence-electron chi connectivity index (χ0n) is 14.6. The summed E-state index contributed by atoms with van der Waals surface area (Å²) in [5, 5.41) is 6.94. The second-order valence-electron chi connectivity index (χ2n) is 6.49. The van der Waals surface area contributed by atoms with Gasteiger partial charge in [-0.25, -0.2) is 4.79 Å². The molecule has 27 heavy (non-hydrogen) atoms. The molecule has 2 aromatic carbocycles. The molecule has 1 amide bonds. The molecule has 7 heteroatoms. The zero-order valence-corrected chi connectivity index (χ0v) is 14.6. The molecule has 1 atom stereocenters. The van der Waals surface area contributed by atoms with Gasteiger partial charge in [0.1, 0.15) is 12.3 Å². The van der Waals surface area contributed by atoms with Crippen molar-refractivity contribution >= 4 is 5.91 Å². The maximum Gasteiger partial charge on any atom is 0.437 e. The molecule has 4 rings (SSSR count). The molecule has 0 saturated carbocycles. The number of benzene rings is 2. The van der Waals surface area contributed by atoms with E-state index in [1.165, 1.54) is 0 Å². The summed E-state index contributed by atoms with van der Waals surface area (Å²) in [7, 11) is 0. The standard InChI is InChI=1S/C20H19N3O4/c24-18(21-11-14-10-16-8-4-5-9-17(16)26-13-14)12-23-20(25)27-19(22-23)15-6-2-1-3-7-15/h1-9,14H,10-13H2,(H,21,24). The van der Waals surface area contributed by atoms with Crippen LogP contribution in [-0.2, 0) is 17.8 Å². The summed E-state index contributed by atoms with van der Waals surface area (Å²) in [6, 6.07) is 17.0. The van der Waals surface area contributed by atoms with Crippen LogP contribution in [0.1, 0.15) is 5.56 Å². The number of para-hydroxylation sites is 1. The molecule has 0 fully saturated rings.